The van der Waals surface area contributed by atoms with E-state index in [9.17, 15) is 4.79 Å². The van der Waals surface area contributed by atoms with Gasteiger partial charge in [0.2, 0.25) is 5.91 Å². The lowest BCUT2D eigenvalue weighted by atomic mass is 10.2. The lowest BCUT2D eigenvalue weighted by Gasteiger charge is -2.27. The third-order valence-corrected chi connectivity index (χ3v) is 3.85. The summed E-state index contributed by atoms with van der Waals surface area (Å²) in [7, 11) is 0. The minimum Gasteiger partial charge on any atom is -0.486 e. The number of rotatable bonds is 6. The van der Waals surface area contributed by atoms with Crippen molar-refractivity contribution in [2.24, 2.45) is 4.99 Å². The van der Waals surface area contributed by atoms with E-state index in [-0.39, 0.29) is 18.6 Å². The zero-order chi connectivity index (χ0) is 18.9. The summed E-state index contributed by atoms with van der Waals surface area (Å²) < 4.78 is 11.6. The van der Waals surface area contributed by atoms with Crippen molar-refractivity contribution in [2.75, 3.05) is 31.6 Å². The molecule has 0 spiro atoms. The van der Waals surface area contributed by atoms with E-state index in [4.69, 9.17) is 9.47 Å². The molecule has 0 saturated carbocycles. The summed E-state index contributed by atoms with van der Waals surface area (Å²) in [6, 6.07) is 16.9. The van der Waals surface area contributed by atoms with Gasteiger partial charge in [-0.25, -0.2) is 4.99 Å². The first kappa shape index (κ1) is 18.6. The molecule has 142 valence electrons. The Balaban J connectivity index is 1.50. The van der Waals surface area contributed by atoms with Gasteiger partial charge in [-0.1, -0.05) is 30.3 Å². The van der Waals surface area contributed by atoms with Crippen molar-refractivity contribution in [3.05, 3.63) is 54.6 Å². The number of benzene rings is 2. The summed E-state index contributed by atoms with van der Waals surface area (Å²) in [5.74, 6) is 1.87. The van der Waals surface area contributed by atoms with Gasteiger partial charge in [-0.15, -0.1) is 0 Å². The van der Waals surface area contributed by atoms with E-state index in [1.165, 1.54) is 0 Å². The van der Waals surface area contributed by atoms with Crippen molar-refractivity contribution < 1.29 is 14.3 Å². The summed E-state index contributed by atoms with van der Waals surface area (Å²) in [6.45, 7) is 3.65. The van der Waals surface area contributed by atoms with Crippen molar-refractivity contribution >= 4 is 17.6 Å². The maximum absolute atomic E-state index is 12.0. The summed E-state index contributed by atoms with van der Waals surface area (Å²) in [4.78, 5) is 16.4. The lowest BCUT2D eigenvalue weighted by molar-refractivity contribution is -0.114. The third-order valence-electron chi connectivity index (χ3n) is 3.85. The highest BCUT2D eigenvalue weighted by Gasteiger charge is 2.20. The second-order valence-corrected chi connectivity index (χ2v) is 5.99. The minimum atomic E-state index is -0.176. The number of nitrogens with one attached hydrogen (secondary N) is 3. The normalized spacial score (nSPS) is 15.7. The molecule has 0 bridgehead atoms. The van der Waals surface area contributed by atoms with Gasteiger partial charge in [-0.05, 0) is 31.2 Å². The number of carbonyl (C=O) groups is 1. The minimum absolute atomic E-state index is 0.0229. The average Bonchev–Trinajstić information content (AvgIpc) is 2.70. The van der Waals surface area contributed by atoms with Crippen LogP contribution in [0.15, 0.2) is 59.6 Å². The molecule has 2 aromatic carbocycles. The number of para-hydroxylation sites is 3. The molecule has 0 saturated heterocycles. The van der Waals surface area contributed by atoms with E-state index in [2.05, 4.69) is 20.9 Å². The molecule has 7 nitrogen and oxygen atoms in total. The molecule has 0 aromatic heterocycles. The number of hydrogen-bond acceptors (Lipinski definition) is 4. The second kappa shape index (κ2) is 9.47. The number of anilines is 1. The van der Waals surface area contributed by atoms with Crippen molar-refractivity contribution in [1.82, 2.24) is 10.6 Å². The summed E-state index contributed by atoms with van der Waals surface area (Å²) in [5.41, 5.74) is 0.752. The fourth-order valence-corrected chi connectivity index (χ4v) is 2.59. The van der Waals surface area contributed by atoms with Crippen molar-refractivity contribution in [2.45, 2.75) is 13.0 Å². The number of amides is 1. The van der Waals surface area contributed by atoms with E-state index >= 15 is 0 Å². The van der Waals surface area contributed by atoms with Crippen molar-refractivity contribution in [3.63, 3.8) is 0 Å². The van der Waals surface area contributed by atoms with Gasteiger partial charge in [0, 0.05) is 12.2 Å². The topological polar surface area (TPSA) is 84.0 Å². The molecule has 1 atom stereocenters. The van der Waals surface area contributed by atoms with E-state index < -0.39 is 0 Å². The fourth-order valence-electron chi connectivity index (χ4n) is 2.59. The molecule has 1 aliphatic heterocycles. The molecule has 1 aliphatic rings. The van der Waals surface area contributed by atoms with Crippen LogP contribution in [0.4, 0.5) is 5.69 Å². The lowest BCUT2D eigenvalue weighted by Crippen LogP contribution is -2.45. The SMILES string of the molecule is CCNC(=NCC(=O)Nc1ccccc1)NCC1COc2ccccc2O1. The predicted octanol–water partition coefficient (Wildman–Crippen LogP) is 2.02. The Kier molecular flexibility index (Phi) is 6.51. The number of ether oxygens (including phenoxy) is 2. The van der Waals surface area contributed by atoms with Crippen LogP contribution in [0.2, 0.25) is 0 Å². The van der Waals surface area contributed by atoms with Gasteiger partial charge in [0.1, 0.15) is 19.3 Å². The molecule has 27 heavy (non-hydrogen) atoms. The molecule has 3 rings (SSSR count). The molecule has 1 heterocycles. The summed E-state index contributed by atoms with van der Waals surface area (Å²) in [5, 5.41) is 9.13. The first-order valence-corrected chi connectivity index (χ1v) is 9.00. The largest absolute Gasteiger partial charge is 0.486 e. The Morgan fingerprint density at radius 3 is 2.59 bits per heavy atom. The molecule has 0 fully saturated rings. The molecule has 1 unspecified atom stereocenters. The molecule has 2 aromatic rings. The van der Waals surface area contributed by atoms with E-state index in [0.717, 1.165) is 17.2 Å². The molecular weight excluding hydrogens is 344 g/mol. The van der Waals surface area contributed by atoms with Crippen LogP contribution in [0, 0.1) is 0 Å². The highest BCUT2D eigenvalue weighted by atomic mass is 16.6. The number of fused-ring (bicyclic) bond motifs is 1. The molecule has 3 N–H and O–H groups in total. The van der Waals surface area contributed by atoms with Gasteiger partial charge in [-0.2, -0.15) is 0 Å². The Labute approximate surface area is 158 Å². The first-order valence-electron chi connectivity index (χ1n) is 9.00. The Hall–Kier alpha value is -3.22. The maximum Gasteiger partial charge on any atom is 0.246 e. The average molecular weight is 368 g/mol. The van der Waals surface area contributed by atoms with Gasteiger partial charge >= 0.3 is 0 Å². The summed E-state index contributed by atoms with van der Waals surface area (Å²) in [6.07, 6.45) is -0.137. The van der Waals surface area contributed by atoms with Crippen LogP contribution in [0.3, 0.4) is 0 Å². The molecule has 1 amide bonds. The molecule has 0 aliphatic carbocycles. The monoisotopic (exact) mass is 368 g/mol. The number of carbonyl (C=O) groups excluding carboxylic acids is 1. The number of aliphatic imine (C=N–C) groups is 1. The highest BCUT2D eigenvalue weighted by Crippen LogP contribution is 2.30. The standard InChI is InChI=1S/C20H24N4O3/c1-2-21-20(23-13-19(25)24-15-8-4-3-5-9-15)22-12-16-14-26-17-10-6-7-11-18(17)27-16/h3-11,16H,2,12-14H2,1H3,(H,24,25)(H2,21,22,23). The predicted molar refractivity (Wildman–Crippen MR) is 105 cm³/mol. The van der Waals surface area contributed by atoms with Crippen LogP contribution in [0.25, 0.3) is 0 Å². The van der Waals surface area contributed by atoms with Crippen LogP contribution in [0.5, 0.6) is 11.5 Å². The van der Waals surface area contributed by atoms with Gasteiger partial charge in [0.15, 0.2) is 17.5 Å². The quantitative estimate of drug-likeness (QED) is 0.537. The maximum atomic E-state index is 12.0. The van der Waals surface area contributed by atoms with Crippen LogP contribution >= 0.6 is 0 Å². The number of guanidine groups is 1. The fraction of sp³-hybridized carbons (Fsp3) is 0.300. The van der Waals surface area contributed by atoms with Crippen LogP contribution in [0.1, 0.15) is 6.92 Å². The number of hydrogen-bond donors (Lipinski definition) is 3. The Morgan fingerprint density at radius 2 is 1.81 bits per heavy atom. The molecular formula is C20H24N4O3. The van der Waals surface area contributed by atoms with Gasteiger partial charge < -0.3 is 25.4 Å². The van der Waals surface area contributed by atoms with E-state index in [0.29, 0.717) is 25.7 Å². The van der Waals surface area contributed by atoms with E-state index in [1.54, 1.807) is 0 Å². The second-order valence-electron chi connectivity index (χ2n) is 5.99. The summed E-state index contributed by atoms with van der Waals surface area (Å²) >= 11 is 0. The Bertz CT molecular complexity index is 780. The van der Waals surface area contributed by atoms with Crippen LogP contribution in [-0.2, 0) is 4.79 Å². The van der Waals surface area contributed by atoms with Gasteiger partial charge in [0.25, 0.3) is 0 Å². The first-order chi connectivity index (χ1) is 13.2. The third kappa shape index (κ3) is 5.64. The van der Waals surface area contributed by atoms with Gasteiger partial charge in [-0.3, -0.25) is 4.79 Å². The number of nitrogens with zero attached hydrogens (tertiary/aromatic N) is 1. The molecule has 0 radical (unpaired) electrons. The molecule has 7 heteroatoms. The zero-order valence-corrected chi connectivity index (χ0v) is 15.3. The Morgan fingerprint density at radius 1 is 1.07 bits per heavy atom. The van der Waals surface area contributed by atoms with E-state index in [1.807, 2.05) is 61.5 Å². The van der Waals surface area contributed by atoms with Gasteiger partial charge in [0.05, 0.1) is 6.54 Å². The van der Waals surface area contributed by atoms with Crippen molar-refractivity contribution in [3.8, 4) is 11.5 Å². The van der Waals surface area contributed by atoms with Crippen molar-refractivity contribution in [1.29, 1.82) is 0 Å². The smallest absolute Gasteiger partial charge is 0.246 e. The van der Waals surface area contributed by atoms with Crippen LogP contribution < -0.4 is 25.4 Å². The van der Waals surface area contributed by atoms with Crippen LogP contribution in [-0.4, -0.2) is 44.2 Å². The highest BCUT2D eigenvalue weighted by molar-refractivity contribution is 5.94. The zero-order valence-electron chi connectivity index (χ0n) is 15.3.